The van der Waals surface area contributed by atoms with E-state index in [1.54, 1.807) is 0 Å². The molecule has 0 heterocycles. The highest BCUT2D eigenvalue weighted by atomic mass is 32.2. The first kappa shape index (κ1) is 85.3. The molecule has 25 heteroatoms. The Kier molecular flexibility index (Phi) is 76.3. The van der Waals surface area contributed by atoms with E-state index in [4.69, 9.17) is 66.3 Å². The Hall–Kier alpha value is 3.29. The van der Waals surface area contributed by atoms with Crippen molar-refractivity contribution in [1.82, 2.24) is 0 Å². The third kappa shape index (κ3) is 63.4. The first-order chi connectivity index (χ1) is 40.6. The summed E-state index contributed by atoms with van der Waals surface area (Å²) in [7, 11) is 0. The molecule has 0 bridgehead atoms. The number of hydrogen-bond donors (Lipinski definition) is 6. The summed E-state index contributed by atoms with van der Waals surface area (Å²) in [5, 5.41) is 0. The van der Waals surface area contributed by atoms with Crippen LogP contribution >= 0.6 is 135 Å². The summed E-state index contributed by atoms with van der Waals surface area (Å²) >= 11 is 35.2. The Balaban J connectivity index is 6.15. The summed E-state index contributed by atoms with van der Waals surface area (Å²) in [5.74, 6) is 14.5. The molecule has 0 radical (unpaired) electrons. The van der Waals surface area contributed by atoms with Crippen LogP contribution in [0.1, 0.15) is 83.5 Å². The number of hydrogen-bond acceptors (Lipinski definition) is 25. The van der Waals surface area contributed by atoms with E-state index in [1.807, 2.05) is 58.8 Å². The van der Waals surface area contributed by atoms with Crippen molar-refractivity contribution in [1.29, 1.82) is 0 Å². The molecule has 0 aliphatic heterocycles. The lowest BCUT2D eigenvalue weighted by Crippen LogP contribution is -2.36. The number of ether oxygens (including phenoxy) is 14. The number of thiol groups is 6. The quantitative estimate of drug-likeness (QED) is 0.0255. The molecule has 14 nitrogen and oxygen atoms in total. The van der Waals surface area contributed by atoms with E-state index in [1.165, 1.54) is 0 Å². The van der Waals surface area contributed by atoms with Gasteiger partial charge in [-0.2, -0.15) is 135 Å². The van der Waals surface area contributed by atoms with E-state index < -0.39 is 0 Å². The van der Waals surface area contributed by atoms with Crippen molar-refractivity contribution in [3.63, 3.8) is 0 Å². The van der Waals surface area contributed by atoms with Crippen molar-refractivity contribution in [2.45, 2.75) is 94.7 Å². The van der Waals surface area contributed by atoms with Gasteiger partial charge >= 0.3 is 0 Å². The molecule has 82 heavy (non-hydrogen) atoms. The summed E-state index contributed by atoms with van der Waals surface area (Å²) < 4.78 is 83.2. The van der Waals surface area contributed by atoms with E-state index in [0.717, 1.165) is 203 Å². The van der Waals surface area contributed by atoms with E-state index >= 15 is 0 Å². The van der Waals surface area contributed by atoms with Gasteiger partial charge in [-0.1, -0.05) is 0 Å². The Morgan fingerprint density at radius 2 is 0.378 bits per heavy atom. The maximum Gasteiger partial charge on any atom is 0.0700 e. The Labute approximate surface area is 554 Å². The molecule has 0 saturated carbocycles. The highest BCUT2D eigenvalue weighted by molar-refractivity contribution is 8.00. The highest BCUT2D eigenvalue weighted by Crippen LogP contribution is 2.34. The molecular weight excluding hydrogens is 1260 g/mol. The Morgan fingerprint density at radius 1 is 0.183 bits per heavy atom. The molecule has 0 aromatic heterocycles. The molecule has 0 amide bonds. The largest absolute Gasteiger partial charge is 0.379 e. The lowest BCUT2D eigenvalue weighted by Gasteiger charge is -2.36. The molecule has 0 fully saturated rings. The fraction of sp³-hybridized carbons (Fsp3) is 1.00. The van der Waals surface area contributed by atoms with Gasteiger partial charge in [-0.25, -0.2) is 0 Å². The monoisotopic (exact) mass is 1380 g/mol. The standard InChI is InChI=1S/C57H116O14S11/c72-40-29-59-18-17-58-14-1-8-56(9-2-46-78-51-35-65-24-19-60-30-41-73,10-3-47-79-52-36-66-25-20-61-31-42-74)70-15-7-16-71-57(11-4-48-80-53-37-67-26-21-62-32-43-75,12-5-49-81-54-38-68-27-22-63-33-44-76)13-6-50-82-55-39-69-28-23-64-34-45-77/h72-77H,1-55H2. The van der Waals surface area contributed by atoms with Crippen molar-refractivity contribution < 1.29 is 66.3 Å². The summed E-state index contributed by atoms with van der Waals surface area (Å²) in [6, 6.07) is 0. The van der Waals surface area contributed by atoms with Crippen LogP contribution in [-0.2, 0) is 66.3 Å². The van der Waals surface area contributed by atoms with Crippen LogP contribution in [0.15, 0.2) is 0 Å². The molecule has 0 aromatic carbocycles. The van der Waals surface area contributed by atoms with Crippen LogP contribution in [0.5, 0.6) is 0 Å². The van der Waals surface area contributed by atoms with Crippen molar-refractivity contribution in [3.05, 3.63) is 0 Å². The van der Waals surface area contributed by atoms with E-state index in [-0.39, 0.29) is 11.2 Å². The second kappa shape index (κ2) is 73.3. The van der Waals surface area contributed by atoms with E-state index in [9.17, 15) is 0 Å². The highest BCUT2D eigenvalue weighted by Gasteiger charge is 2.32. The number of rotatable bonds is 75. The van der Waals surface area contributed by atoms with Crippen LogP contribution in [0.4, 0.5) is 0 Å². The summed E-state index contributed by atoms with van der Waals surface area (Å²) in [4.78, 5) is 0. The van der Waals surface area contributed by atoms with Gasteiger partial charge in [0.2, 0.25) is 0 Å². The van der Waals surface area contributed by atoms with Crippen molar-refractivity contribution in [2.24, 2.45) is 0 Å². The fourth-order valence-electron chi connectivity index (χ4n) is 8.22. The van der Waals surface area contributed by atoms with Crippen molar-refractivity contribution >= 4 is 135 Å². The SMILES string of the molecule is SCCOCCOCCCC(CCCSCCOCCOCCS)(CCCSCCOCCOCCS)OCCCOC(CCCSCCOCCOCCS)(CCCSCCOCCOCCS)CCCSCCOCCOCCS. The predicted octanol–water partition coefficient (Wildman–Crippen LogP) is 11.0. The lowest BCUT2D eigenvalue weighted by atomic mass is 9.87. The third-order valence-corrected chi connectivity index (χ3v) is 18.4. The van der Waals surface area contributed by atoms with E-state index in [0.29, 0.717) is 144 Å². The number of thioether (sulfide) groups is 5. The maximum atomic E-state index is 7.29. The molecule has 0 aromatic rings. The van der Waals surface area contributed by atoms with Gasteiger partial charge in [0.25, 0.3) is 0 Å². The van der Waals surface area contributed by atoms with Crippen molar-refractivity contribution in [3.8, 4) is 0 Å². The van der Waals surface area contributed by atoms with E-state index in [2.05, 4.69) is 75.8 Å². The van der Waals surface area contributed by atoms with Crippen LogP contribution in [-0.4, -0.2) is 275 Å². The first-order valence-electron chi connectivity index (χ1n) is 30.3. The molecule has 0 aliphatic rings. The minimum Gasteiger partial charge on any atom is -0.379 e. The molecule has 494 valence electrons. The lowest BCUT2D eigenvalue weighted by molar-refractivity contribution is -0.0956. The van der Waals surface area contributed by atoms with Crippen molar-refractivity contribution in [2.75, 3.05) is 264 Å². The topological polar surface area (TPSA) is 129 Å². The van der Waals surface area contributed by atoms with Gasteiger partial charge in [0.05, 0.1) is 163 Å². The zero-order valence-corrected chi connectivity index (χ0v) is 59.8. The molecule has 0 aliphatic carbocycles. The van der Waals surface area contributed by atoms with Gasteiger partial charge in [0.1, 0.15) is 0 Å². The molecule has 0 spiro atoms. The average molecular weight is 1380 g/mol. The van der Waals surface area contributed by atoms with Crippen LogP contribution in [0.25, 0.3) is 0 Å². The summed E-state index contributed by atoms with van der Waals surface area (Å²) in [5.41, 5.74) is -0.469. The van der Waals surface area contributed by atoms with Gasteiger partial charge in [-0.15, -0.1) is 0 Å². The molecule has 0 saturated heterocycles. The molecule has 0 atom stereocenters. The third-order valence-electron chi connectivity index (χ3n) is 12.1. The first-order valence-corrected chi connectivity index (χ1v) is 39.9. The average Bonchev–Trinajstić information content (AvgIpc) is 3.48. The fourth-order valence-corrected chi connectivity index (χ4v) is 12.9. The van der Waals surface area contributed by atoms with Gasteiger partial charge < -0.3 is 66.3 Å². The second-order valence-corrected chi connectivity index (χ2v) is 27.6. The van der Waals surface area contributed by atoms with Crippen LogP contribution in [0, 0.1) is 0 Å². The molecule has 0 N–H and O–H groups in total. The van der Waals surface area contributed by atoms with Crippen LogP contribution in [0.2, 0.25) is 0 Å². The maximum absolute atomic E-state index is 7.29. The minimum atomic E-state index is -0.257. The minimum absolute atomic E-state index is 0.212. The zero-order chi connectivity index (χ0) is 59.3. The Morgan fingerprint density at radius 3 is 0.598 bits per heavy atom. The zero-order valence-electron chi connectivity index (χ0n) is 50.3. The second-order valence-electron chi connectivity index (χ2n) is 18.8. The molecule has 0 unspecified atom stereocenters. The molecular formula is C57H116O14S11. The Bertz CT molecular complexity index is 1110. The van der Waals surface area contributed by atoms with Crippen LogP contribution in [0.3, 0.4) is 0 Å². The smallest absolute Gasteiger partial charge is 0.0700 e. The van der Waals surface area contributed by atoms with Crippen LogP contribution < -0.4 is 0 Å². The van der Waals surface area contributed by atoms with Gasteiger partial charge in [-0.3, -0.25) is 0 Å². The van der Waals surface area contributed by atoms with Gasteiger partial charge in [-0.05, 0) is 112 Å². The normalized spacial score (nSPS) is 12.2. The predicted molar refractivity (Wildman–Crippen MR) is 377 cm³/mol. The summed E-state index contributed by atoms with van der Waals surface area (Å²) in [6.45, 7) is 16.9. The van der Waals surface area contributed by atoms with Gasteiger partial charge in [0.15, 0.2) is 0 Å². The molecule has 0 rings (SSSR count). The summed E-state index contributed by atoms with van der Waals surface area (Å²) in [6.07, 6.45) is 13.2. The van der Waals surface area contributed by atoms with Gasteiger partial charge in [0, 0.05) is 83.1 Å².